The average Bonchev–Trinajstić information content (AvgIpc) is 2.89. The van der Waals surface area contributed by atoms with Crippen LogP contribution in [0.3, 0.4) is 0 Å². The van der Waals surface area contributed by atoms with Gasteiger partial charge in [0, 0.05) is 19.7 Å². The molecule has 0 saturated carbocycles. The number of fused-ring (bicyclic) bond motifs is 1. The van der Waals surface area contributed by atoms with E-state index in [2.05, 4.69) is 11.8 Å². The van der Waals surface area contributed by atoms with E-state index < -0.39 is 0 Å². The van der Waals surface area contributed by atoms with Crippen molar-refractivity contribution in [1.29, 1.82) is 0 Å². The Hall–Kier alpha value is -0.840. The topological polar surface area (TPSA) is 36.4 Å². The van der Waals surface area contributed by atoms with Gasteiger partial charge in [-0.2, -0.15) is 0 Å². The summed E-state index contributed by atoms with van der Waals surface area (Å²) in [5.74, 6) is 0.373. The number of thiazole rings is 1. The van der Waals surface area contributed by atoms with Gasteiger partial charge in [0.05, 0.1) is 15.2 Å². The lowest BCUT2D eigenvalue weighted by Crippen LogP contribution is -2.36. The molecule has 1 unspecified atom stereocenters. The Balaban J connectivity index is 1.97. The summed E-state index contributed by atoms with van der Waals surface area (Å²) in [6, 6.07) is 3.95. The molecule has 19 heavy (non-hydrogen) atoms. The van der Waals surface area contributed by atoms with Crippen LogP contribution in [0.1, 0.15) is 18.4 Å². The molecule has 3 nitrogen and oxygen atoms in total. The van der Waals surface area contributed by atoms with Gasteiger partial charge in [-0.1, -0.05) is 29.0 Å². The van der Waals surface area contributed by atoms with Gasteiger partial charge in [-0.25, -0.2) is 4.98 Å². The first kappa shape index (κ1) is 13.2. The first-order valence-electron chi connectivity index (χ1n) is 6.60. The van der Waals surface area contributed by atoms with E-state index in [1.165, 1.54) is 0 Å². The summed E-state index contributed by atoms with van der Waals surface area (Å²) < 4.78 is 1.07. The molecule has 0 bridgehead atoms. The molecule has 2 heterocycles. The van der Waals surface area contributed by atoms with E-state index in [1.54, 1.807) is 11.3 Å². The summed E-state index contributed by atoms with van der Waals surface area (Å²) >= 11 is 7.91. The van der Waals surface area contributed by atoms with Crippen LogP contribution >= 0.6 is 22.9 Å². The highest BCUT2D eigenvalue weighted by atomic mass is 35.5. The van der Waals surface area contributed by atoms with Crippen molar-refractivity contribution in [2.75, 3.05) is 24.6 Å². The Bertz CT molecular complexity index is 559. The number of hydrogen-bond acceptors (Lipinski definition) is 4. The number of hydrogen-bond donors (Lipinski definition) is 1. The van der Waals surface area contributed by atoms with Crippen LogP contribution in [0.4, 0.5) is 5.13 Å². The molecule has 0 aliphatic carbocycles. The number of benzene rings is 1. The lowest BCUT2D eigenvalue weighted by atomic mass is 10.00. The van der Waals surface area contributed by atoms with Crippen molar-refractivity contribution in [3.05, 3.63) is 22.7 Å². The Morgan fingerprint density at radius 1 is 1.53 bits per heavy atom. The highest BCUT2D eigenvalue weighted by molar-refractivity contribution is 7.22. The van der Waals surface area contributed by atoms with Crippen molar-refractivity contribution < 1.29 is 5.11 Å². The fraction of sp³-hybridized carbons (Fsp3) is 0.500. The fourth-order valence-corrected chi connectivity index (χ4v) is 3.97. The van der Waals surface area contributed by atoms with Gasteiger partial charge in [-0.05, 0) is 37.3 Å². The van der Waals surface area contributed by atoms with Crippen LogP contribution in [0, 0.1) is 12.8 Å². The van der Waals surface area contributed by atoms with Crippen molar-refractivity contribution in [2.24, 2.45) is 5.92 Å². The van der Waals surface area contributed by atoms with Gasteiger partial charge in [-0.15, -0.1) is 0 Å². The molecule has 0 spiro atoms. The van der Waals surface area contributed by atoms with Crippen molar-refractivity contribution in [3.63, 3.8) is 0 Å². The maximum Gasteiger partial charge on any atom is 0.186 e. The monoisotopic (exact) mass is 296 g/mol. The zero-order valence-electron chi connectivity index (χ0n) is 10.9. The number of rotatable bonds is 2. The Kier molecular flexibility index (Phi) is 3.65. The molecule has 1 aromatic heterocycles. The minimum atomic E-state index is 0.265. The van der Waals surface area contributed by atoms with Crippen LogP contribution in [-0.4, -0.2) is 29.8 Å². The Morgan fingerprint density at radius 3 is 3.11 bits per heavy atom. The number of aliphatic hydroxyl groups is 1. The summed E-state index contributed by atoms with van der Waals surface area (Å²) in [6.45, 7) is 4.25. The third kappa shape index (κ3) is 2.45. The first-order chi connectivity index (χ1) is 9.19. The maximum atomic E-state index is 9.32. The predicted octanol–water partition coefficient (Wildman–Crippen LogP) is 3.47. The molecule has 5 heteroatoms. The van der Waals surface area contributed by atoms with Crippen LogP contribution in [0.2, 0.25) is 5.02 Å². The van der Waals surface area contributed by atoms with Crippen LogP contribution in [-0.2, 0) is 0 Å². The van der Waals surface area contributed by atoms with Crippen molar-refractivity contribution in [1.82, 2.24) is 4.98 Å². The molecule has 2 aromatic rings. The molecule has 3 rings (SSSR count). The summed E-state index contributed by atoms with van der Waals surface area (Å²) in [4.78, 5) is 7.03. The second kappa shape index (κ2) is 5.27. The fourth-order valence-electron chi connectivity index (χ4n) is 2.61. The van der Waals surface area contributed by atoms with Gasteiger partial charge >= 0.3 is 0 Å². The lowest BCUT2D eigenvalue weighted by molar-refractivity contribution is 0.208. The summed E-state index contributed by atoms with van der Waals surface area (Å²) in [6.07, 6.45) is 2.23. The minimum Gasteiger partial charge on any atom is -0.396 e. The normalized spacial score (nSPS) is 20.2. The molecule has 1 atom stereocenters. The van der Waals surface area contributed by atoms with Crippen molar-refractivity contribution >= 4 is 38.3 Å². The standard InChI is InChI=1S/C14H17ClN2OS/c1-9-4-5-11(15)13-12(9)16-14(19-13)17-6-2-3-10(7-17)8-18/h4-5,10,18H,2-3,6-8H2,1H3. The zero-order valence-corrected chi connectivity index (χ0v) is 12.5. The number of halogens is 1. The molecule has 102 valence electrons. The predicted molar refractivity (Wildman–Crippen MR) is 81.4 cm³/mol. The number of aliphatic hydroxyl groups excluding tert-OH is 1. The number of anilines is 1. The molecule has 0 amide bonds. The SMILES string of the molecule is Cc1ccc(Cl)c2sc(N3CCCC(CO)C3)nc12. The number of piperidine rings is 1. The van der Waals surface area contributed by atoms with E-state index in [9.17, 15) is 5.11 Å². The second-order valence-electron chi connectivity index (χ2n) is 5.18. The third-order valence-electron chi connectivity index (χ3n) is 3.73. The third-order valence-corrected chi connectivity index (χ3v) is 5.31. The highest BCUT2D eigenvalue weighted by Crippen LogP contribution is 2.36. The first-order valence-corrected chi connectivity index (χ1v) is 7.80. The van der Waals surface area contributed by atoms with Crippen molar-refractivity contribution in [2.45, 2.75) is 19.8 Å². The van der Waals surface area contributed by atoms with E-state index in [-0.39, 0.29) is 6.61 Å². The van der Waals surface area contributed by atoms with Gasteiger partial charge in [0.25, 0.3) is 0 Å². The van der Waals surface area contributed by atoms with Gasteiger partial charge in [0.2, 0.25) is 0 Å². The van der Waals surface area contributed by atoms with Crippen LogP contribution in [0.5, 0.6) is 0 Å². The van der Waals surface area contributed by atoms with Gasteiger partial charge < -0.3 is 10.0 Å². The minimum absolute atomic E-state index is 0.265. The number of aryl methyl sites for hydroxylation is 1. The summed E-state index contributed by atoms with van der Waals surface area (Å²) in [5.41, 5.74) is 2.18. The smallest absolute Gasteiger partial charge is 0.186 e. The Morgan fingerprint density at radius 2 is 2.37 bits per heavy atom. The average molecular weight is 297 g/mol. The highest BCUT2D eigenvalue weighted by Gasteiger charge is 2.22. The van der Waals surface area contributed by atoms with Crippen molar-refractivity contribution in [3.8, 4) is 0 Å². The molecule has 0 radical (unpaired) electrons. The Labute approximate surface area is 121 Å². The van der Waals surface area contributed by atoms with Crippen LogP contribution in [0.15, 0.2) is 12.1 Å². The maximum absolute atomic E-state index is 9.32. The number of aromatic nitrogens is 1. The molecule has 1 aromatic carbocycles. The van der Waals surface area contributed by atoms with Gasteiger partial charge in [0.15, 0.2) is 5.13 Å². The van der Waals surface area contributed by atoms with Gasteiger partial charge in [-0.3, -0.25) is 0 Å². The van der Waals surface area contributed by atoms with Gasteiger partial charge in [0.1, 0.15) is 0 Å². The van der Waals surface area contributed by atoms with Crippen LogP contribution in [0.25, 0.3) is 10.2 Å². The molecular weight excluding hydrogens is 280 g/mol. The number of nitrogens with zero attached hydrogens (tertiary/aromatic N) is 2. The molecule has 1 aliphatic heterocycles. The van der Waals surface area contributed by atoms with E-state index in [0.717, 1.165) is 51.9 Å². The molecule has 1 N–H and O–H groups in total. The van der Waals surface area contributed by atoms with E-state index >= 15 is 0 Å². The molecule has 1 saturated heterocycles. The zero-order chi connectivity index (χ0) is 13.4. The molecule has 1 fully saturated rings. The lowest BCUT2D eigenvalue weighted by Gasteiger charge is -2.31. The quantitative estimate of drug-likeness (QED) is 0.922. The second-order valence-corrected chi connectivity index (χ2v) is 6.56. The van der Waals surface area contributed by atoms with Crippen LogP contribution < -0.4 is 4.90 Å². The molecular formula is C14H17ClN2OS. The van der Waals surface area contributed by atoms with E-state index in [1.807, 2.05) is 12.1 Å². The largest absolute Gasteiger partial charge is 0.396 e. The summed E-state index contributed by atoms with van der Waals surface area (Å²) in [7, 11) is 0. The van der Waals surface area contributed by atoms with E-state index in [0.29, 0.717) is 5.92 Å². The molecule has 1 aliphatic rings. The van der Waals surface area contributed by atoms with E-state index in [4.69, 9.17) is 16.6 Å². The summed E-state index contributed by atoms with van der Waals surface area (Å²) in [5, 5.41) is 11.1.